The van der Waals surface area contributed by atoms with Crippen LogP contribution in [0.3, 0.4) is 0 Å². The Hall–Kier alpha value is -1.62. The molecule has 1 saturated carbocycles. The number of hydrogen-bond donors (Lipinski definition) is 2. The molecule has 3 rings (SSSR count). The first-order valence-corrected chi connectivity index (χ1v) is 7.01. The van der Waals surface area contributed by atoms with Gasteiger partial charge >= 0.3 is 6.09 Å². The molecule has 1 saturated heterocycles. The van der Waals surface area contributed by atoms with Gasteiger partial charge < -0.3 is 15.4 Å². The lowest BCUT2D eigenvalue weighted by molar-refractivity contribution is 0.135. The molecule has 2 fully saturated rings. The van der Waals surface area contributed by atoms with Gasteiger partial charge in [-0.15, -0.1) is 0 Å². The van der Waals surface area contributed by atoms with E-state index < -0.39 is 17.8 Å². The maximum absolute atomic E-state index is 14.5. The number of carbonyl (C=O) groups excluding carboxylic acids is 1. The van der Waals surface area contributed by atoms with E-state index in [1.807, 2.05) is 37.3 Å². The normalized spacial score (nSPS) is 35.0. The lowest BCUT2D eigenvalue weighted by atomic mass is 10.1. The monoisotopic (exact) mass is 278 g/mol. The third-order valence-corrected chi connectivity index (χ3v) is 4.32. The molecule has 4 nitrogen and oxygen atoms in total. The average molecular weight is 278 g/mol. The lowest BCUT2D eigenvalue weighted by Gasteiger charge is -2.20. The molecule has 0 radical (unpaired) electrons. The smallest absolute Gasteiger partial charge is 0.407 e. The standard InChI is InChI=1S/C15H19FN2O2/c1-10-12-13(15(12,16)7-8-17-10)18-14(19)20-9-11-5-3-2-4-6-11/h2-6,10,12-13,17H,7-9H2,1H3,(H,18,19)/t10-,12?,13-,15+/m1/s1. The highest BCUT2D eigenvalue weighted by Crippen LogP contribution is 2.53. The van der Waals surface area contributed by atoms with E-state index in [0.717, 1.165) is 5.56 Å². The number of alkyl halides is 1. The minimum Gasteiger partial charge on any atom is -0.445 e. The maximum atomic E-state index is 14.5. The molecule has 108 valence electrons. The van der Waals surface area contributed by atoms with Crippen LogP contribution >= 0.6 is 0 Å². The van der Waals surface area contributed by atoms with Crippen molar-refractivity contribution in [2.75, 3.05) is 6.54 Å². The van der Waals surface area contributed by atoms with Crippen molar-refractivity contribution in [2.45, 2.75) is 37.7 Å². The van der Waals surface area contributed by atoms with Crippen LogP contribution in [-0.4, -0.2) is 30.4 Å². The number of amides is 1. The minimum atomic E-state index is -1.25. The van der Waals surface area contributed by atoms with Crippen LogP contribution in [0.5, 0.6) is 0 Å². The van der Waals surface area contributed by atoms with E-state index >= 15 is 0 Å². The highest BCUT2D eigenvalue weighted by Gasteiger charge is 2.69. The molecule has 1 aromatic carbocycles. The van der Waals surface area contributed by atoms with Crippen molar-refractivity contribution >= 4 is 6.09 Å². The van der Waals surface area contributed by atoms with Crippen LogP contribution in [0.2, 0.25) is 0 Å². The quantitative estimate of drug-likeness (QED) is 0.889. The first-order chi connectivity index (χ1) is 9.61. The van der Waals surface area contributed by atoms with Crippen molar-refractivity contribution in [3.63, 3.8) is 0 Å². The molecular formula is C15H19FN2O2. The van der Waals surface area contributed by atoms with Crippen LogP contribution in [-0.2, 0) is 11.3 Å². The van der Waals surface area contributed by atoms with Gasteiger partial charge in [-0.1, -0.05) is 30.3 Å². The van der Waals surface area contributed by atoms with E-state index in [-0.39, 0.29) is 18.6 Å². The number of carbonyl (C=O) groups is 1. The average Bonchev–Trinajstić information content (AvgIpc) is 3.04. The van der Waals surface area contributed by atoms with Gasteiger partial charge in [0.2, 0.25) is 0 Å². The Morgan fingerprint density at radius 3 is 2.95 bits per heavy atom. The van der Waals surface area contributed by atoms with Gasteiger partial charge in [0.15, 0.2) is 0 Å². The van der Waals surface area contributed by atoms with Gasteiger partial charge in [0.05, 0.1) is 6.04 Å². The molecule has 1 aromatic rings. The lowest BCUT2D eigenvalue weighted by Crippen LogP contribution is -2.38. The summed E-state index contributed by atoms with van der Waals surface area (Å²) in [5.74, 6) is -0.138. The van der Waals surface area contributed by atoms with Gasteiger partial charge in [0.1, 0.15) is 12.3 Å². The number of rotatable bonds is 3. The highest BCUT2D eigenvalue weighted by atomic mass is 19.1. The van der Waals surface area contributed by atoms with Gasteiger partial charge in [0, 0.05) is 12.0 Å². The van der Waals surface area contributed by atoms with E-state index in [4.69, 9.17) is 4.74 Å². The molecule has 1 aliphatic carbocycles. The third kappa shape index (κ3) is 2.38. The van der Waals surface area contributed by atoms with Crippen LogP contribution in [0.15, 0.2) is 30.3 Å². The third-order valence-electron chi connectivity index (χ3n) is 4.32. The summed E-state index contributed by atoms with van der Waals surface area (Å²) in [6, 6.07) is 9.11. The first-order valence-electron chi connectivity index (χ1n) is 7.01. The number of fused-ring (bicyclic) bond motifs is 1. The molecule has 0 aromatic heterocycles. The summed E-state index contributed by atoms with van der Waals surface area (Å²) in [7, 11) is 0. The molecule has 20 heavy (non-hydrogen) atoms. The molecule has 1 heterocycles. The number of halogens is 1. The molecule has 2 aliphatic rings. The van der Waals surface area contributed by atoms with E-state index in [2.05, 4.69) is 10.6 Å². The molecule has 0 bridgehead atoms. The van der Waals surface area contributed by atoms with Gasteiger partial charge in [-0.25, -0.2) is 9.18 Å². The molecule has 5 heteroatoms. The number of hydrogen-bond acceptors (Lipinski definition) is 3. The number of alkyl carbamates (subject to hydrolysis) is 1. The summed E-state index contributed by atoms with van der Waals surface area (Å²) in [6.45, 7) is 2.82. The van der Waals surface area contributed by atoms with Crippen molar-refractivity contribution < 1.29 is 13.9 Å². The van der Waals surface area contributed by atoms with Crippen molar-refractivity contribution in [1.29, 1.82) is 0 Å². The van der Waals surface area contributed by atoms with Crippen LogP contribution < -0.4 is 10.6 Å². The Bertz CT molecular complexity index is 496. The molecule has 0 spiro atoms. The number of benzene rings is 1. The molecule has 1 unspecified atom stereocenters. The zero-order valence-corrected chi connectivity index (χ0v) is 11.4. The van der Waals surface area contributed by atoms with E-state index in [9.17, 15) is 9.18 Å². The maximum Gasteiger partial charge on any atom is 0.407 e. The minimum absolute atomic E-state index is 0.0909. The number of nitrogens with one attached hydrogen (secondary N) is 2. The zero-order chi connectivity index (χ0) is 14.2. The molecule has 1 amide bonds. The summed E-state index contributed by atoms with van der Waals surface area (Å²) < 4.78 is 19.6. The van der Waals surface area contributed by atoms with Crippen molar-refractivity contribution in [2.24, 2.45) is 5.92 Å². The molecule has 1 aliphatic heterocycles. The second-order valence-electron chi connectivity index (χ2n) is 5.63. The summed E-state index contributed by atoms with van der Waals surface area (Å²) in [5.41, 5.74) is -0.336. The van der Waals surface area contributed by atoms with Crippen LogP contribution in [0.4, 0.5) is 9.18 Å². The summed E-state index contributed by atoms with van der Waals surface area (Å²) in [5, 5.41) is 5.89. The van der Waals surface area contributed by atoms with Crippen molar-refractivity contribution in [3.05, 3.63) is 35.9 Å². The van der Waals surface area contributed by atoms with Crippen LogP contribution in [0.25, 0.3) is 0 Å². The highest BCUT2D eigenvalue weighted by molar-refractivity contribution is 5.69. The van der Waals surface area contributed by atoms with E-state index in [1.165, 1.54) is 0 Å². The predicted molar refractivity (Wildman–Crippen MR) is 73.0 cm³/mol. The number of ether oxygens (including phenoxy) is 1. The fourth-order valence-electron chi connectivity index (χ4n) is 3.18. The van der Waals surface area contributed by atoms with E-state index in [0.29, 0.717) is 13.0 Å². The van der Waals surface area contributed by atoms with Crippen molar-refractivity contribution in [3.8, 4) is 0 Å². The van der Waals surface area contributed by atoms with Crippen LogP contribution in [0, 0.1) is 5.92 Å². The van der Waals surface area contributed by atoms with Crippen molar-refractivity contribution in [1.82, 2.24) is 10.6 Å². The van der Waals surface area contributed by atoms with Crippen LogP contribution in [0.1, 0.15) is 18.9 Å². The Morgan fingerprint density at radius 1 is 1.50 bits per heavy atom. The Balaban J connectivity index is 1.51. The number of piperidine rings is 1. The molecule has 2 N–H and O–H groups in total. The molecular weight excluding hydrogens is 259 g/mol. The summed E-state index contributed by atoms with van der Waals surface area (Å²) >= 11 is 0. The van der Waals surface area contributed by atoms with E-state index in [1.54, 1.807) is 0 Å². The largest absolute Gasteiger partial charge is 0.445 e. The zero-order valence-electron chi connectivity index (χ0n) is 11.4. The van der Waals surface area contributed by atoms with Gasteiger partial charge in [-0.2, -0.15) is 0 Å². The first kappa shape index (κ1) is 13.4. The van der Waals surface area contributed by atoms with Gasteiger partial charge in [-0.05, 0) is 25.5 Å². The molecule has 4 atom stereocenters. The second kappa shape index (κ2) is 5.05. The fraction of sp³-hybridized carbons (Fsp3) is 0.533. The fourth-order valence-corrected chi connectivity index (χ4v) is 3.18. The van der Waals surface area contributed by atoms with Gasteiger partial charge in [0.25, 0.3) is 0 Å². The summed E-state index contributed by atoms with van der Waals surface area (Å²) in [4.78, 5) is 11.7. The Labute approximate surface area is 117 Å². The Kier molecular flexibility index (Phi) is 3.38. The SMILES string of the molecule is C[C@H]1NCC[C@]2(F)C1[C@H]2NC(=O)OCc1ccccc1. The predicted octanol–water partition coefficient (Wildman–Crippen LogP) is 2.00. The van der Waals surface area contributed by atoms with Gasteiger partial charge in [-0.3, -0.25) is 0 Å². The topological polar surface area (TPSA) is 50.4 Å². The summed E-state index contributed by atoms with van der Waals surface area (Å²) in [6.07, 6.45) is -0.0940. The second-order valence-corrected chi connectivity index (χ2v) is 5.63. The Morgan fingerprint density at radius 2 is 2.25 bits per heavy atom.